The second kappa shape index (κ2) is 6.91. The highest BCUT2D eigenvalue weighted by Gasteiger charge is 2.12. The van der Waals surface area contributed by atoms with Gasteiger partial charge in [0.2, 0.25) is 0 Å². The van der Waals surface area contributed by atoms with Crippen LogP contribution < -0.4 is 10.9 Å². The minimum atomic E-state index is -0.649. The van der Waals surface area contributed by atoms with Crippen LogP contribution in [-0.2, 0) is 9.53 Å². The largest absolute Gasteiger partial charge is 0.468 e. The van der Waals surface area contributed by atoms with Crippen LogP contribution in [0.5, 0.6) is 0 Å². The van der Waals surface area contributed by atoms with Crippen molar-refractivity contribution in [3.63, 3.8) is 0 Å². The molecule has 1 heterocycles. The molecule has 2 N–H and O–H groups in total. The molecule has 0 unspecified atom stereocenters. The molecule has 0 radical (unpaired) electrons. The number of esters is 1. The highest BCUT2D eigenvalue weighted by atomic mass is 35.5. The number of halogens is 1. The summed E-state index contributed by atoms with van der Waals surface area (Å²) in [4.78, 5) is 37.4. The number of hydrogen-bond acceptors (Lipinski definition) is 4. The molecule has 0 saturated carbocycles. The molecule has 0 bridgehead atoms. The summed E-state index contributed by atoms with van der Waals surface area (Å²) in [7, 11) is 1.21. The van der Waals surface area contributed by atoms with Gasteiger partial charge >= 0.3 is 5.97 Å². The standard InChI is InChI=1S/C15H13ClN2O4/c1-22-13(19)8-17-14(20)11-5-6-12(18-15(11)21)9-3-2-4-10(16)7-9/h2-7H,8H2,1H3,(H,17,20)(H,18,21). The highest BCUT2D eigenvalue weighted by Crippen LogP contribution is 2.19. The summed E-state index contributed by atoms with van der Waals surface area (Å²) in [5.41, 5.74) is 0.623. The molecule has 1 aromatic heterocycles. The quantitative estimate of drug-likeness (QED) is 0.837. The summed E-state index contributed by atoms with van der Waals surface area (Å²) in [5, 5.41) is 2.84. The first-order chi connectivity index (χ1) is 10.5. The van der Waals surface area contributed by atoms with Gasteiger partial charge in [0.25, 0.3) is 11.5 Å². The smallest absolute Gasteiger partial charge is 0.325 e. The van der Waals surface area contributed by atoms with Crippen molar-refractivity contribution in [2.45, 2.75) is 0 Å². The van der Waals surface area contributed by atoms with Gasteiger partial charge in [0.15, 0.2) is 0 Å². The lowest BCUT2D eigenvalue weighted by molar-refractivity contribution is -0.139. The Bertz CT molecular complexity index is 770. The predicted molar refractivity (Wildman–Crippen MR) is 81.9 cm³/mol. The van der Waals surface area contributed by atoms with Gasteiger partial charge in [-0.25, -0.2) is 0 Å². The molecule has 1 amide bonds. The Morgan fingerprint density at radius 3 is 2.68 bits per heavy atom. The van der Waals surface area contributed by atoms with E-state index in [0.717, 1.165) is 5.56 Å². The minimum Gasteiger partial charge on any atom is -0.468 e. The van der Waals surface area contributed by atoms with Gasteiger partial charge in [-0.3, -0.25) is 14.4 Å². The van der Waals surface area contributed by atoms with E-state index in [1.54, 1.807) is 30.3 Å². The number of methoxy groups -OCH3 is 1. The summed E-state index contributed by atoms with van der Waals surface area (Å²) in [6.07, 6.45) is 0. The van der Waals surface area contributed by atoms with E-state index in [9.17, 15) is 14.4 Å². The first-order valence-corrected chi connectivity index (χ1v) is 6.73. The number of nitrogens with one attached hydrogen (secondary N) is 2. The van der Waals surface area contributed by atoms with E-state index in [0.29, 0.717) is 10.7 Å². The number of H-pyrrole nitrogens is 1. The zero-order chi connectivity index (χ0) is 16.1. The van der Waals surface area contributed by atoms with Gasteiger partial charge < -0.3 is 15.0 Å². The van der Waals surface area contributed by atoms with Gasteiger partial charge in [0.05, 0.1) is 7.11 Å². The summed E-state index contributed by atoms with van der Waals surface area (Å²) in [6, 6.07) is 9.95. The SMILES string of the molecule is COC(=O)CNC(=O)c1ccc(-c2cccc(Cl)c2)[nH]c1=O. The number of carbonyl (C=O) groups is 2. The van der Waals surface area contributed by atoms with Crippen molar-refractivity contribution < 1.29 is 14.3 Å². The normalized spacial score (nSPS) is 10.1. The zero-order valence-corrected chi connectivity index (χ0v) is 12.4. The Hall–Kier alpha value is -2.60. The minimum absolute atomic E-state index is 0.0883. The van der Waals surface area contributed by atoms with Crippen LogP contribution in [0.15, 0.2) is 41.2 Å². The van der Waals surface area contributed by atoms with Gasteiger partial charge in [-0.1, -0.05) is 23.7 Å². The molecule has 6 nitrogen and oxygen atoms in total. The zero-order valence-electron chi connectivity index (χ0n) is 11.7. The van der Waals surface area contributed by atoms with Crippen LogP contribution in [0.3, 0.4) is 0 Å². The van der Waals surface area contributed by atoms with Crippen LogP contribution in [-0.4, -0.2) is 30.5 Å². The number of benzene rings is 1. The molecule has 0 aliphatic heterocycles. The van der Waals surface area contributed by atoms with Crippen LogP contribution in [0.25, 0.3) is 11.3 Å². The van der Waals surface area contributed by atoms with E-state index >= 15 is 0 Å². The fraction of sp³-hybridized carbons (Fsp3) is 0.133. The number of aromatic nitrogens is 1. The molecular weight excluding hydrogens is 308 g/mol. The Morgan fingerprint density at radius 1 is 1.27 bits per heavy atom. The van der Waals surface area contributed by atoms with Crippen LogP contribution in [0, 0.1) is 0 Å². The first-order valence-electron chi connectivity index (χ1n) is 6.35. The number of aromatic amines is 1. The van der Waals surface area contributed by atoms with Gasteiger partial charge in [-0.2, -0.15) is 0 Å². The maximum absolute atomic E-state index is 12.0. The van der Waals surface area contributed by atoms with E-state index in [2.05, 4.69) is 15.0 Å². The molecule has 0 spiro atoms. The van der Waals surface area contributed by atoms with E-state index in [1.165, 1.54) is 13.2 Å². The molecule has 114 valence electrons. The van der Waals surface area contributed by atoms with Crippen molar-refractivity contribution >= 4 is 23.5 Å². The maximum atomic E-state index is 12.0. The van der Waals surface area contributed by atoms with E-state index in [-0.39, 0.29) is 12.1 Å². The van der Waals surface area contributed by atoms with Gasteiger partial charge in [-0.05, 0) is 29.8 Å². The highest BCUT2D eigenvalue weighted by molar-refractivity contribution is 6.30. The number of carbonyl (C=O) groups excluding carboxylic acids is 2. The third kappa shape index (κ3) is 3.73. The van der Waals surface area contributed by atoms with Gasteiger partial charge in [0.1, 0.15) is 12.1 Å². The lowest BCUT2D eigenvalue weighted by Gasteiger charge is -2.05. The molecule has 0 saturated heterocycles. The third-order valence-electron chi connectivity index (χ3n) is 2.91. The Labute approximate surface area is 131 Å². The predicted octanol–water partition coefficient (Wildman–Crippen LogP) is 1.60. The van der Waals surface area contributed by atoms with Crippen molar-refractivity contribution in [2.75, 3.05) is 13.7 Å². The van der Waals surface area contributed by atoms with Gasteiger partial charge in [0, 0.05) is 10.7 Å². The number of rotatable bonds is 4. The maximum Gasteiger partial charge on any atom is 0.325 e. The van der Waals surface area contributed by atoms with E-state index in [4.69, 9.17) is 11.6 Å². The molecule has 0 aliphatic carbocycles. The third-order valence-corrected chi connectivity index (χ3v) is 3.15. The summed E-state index contributed by atoms with van der Waals surface area (Å²) >= 11 is 5.90. The second-order valence-electron chi connectivity index (χ2n) is 4.38. The second-order valence-corrected chi connectivity index (χ2v) is 4.82. The fourth-order valence-electron chi connectivity index (χ4n) is 1.80. The molecule has 0 atom stereocenters. The number of ether oxygens (including phenoxy) is 1. The van der Waals surface area contributed by atoms with Crippen LogP contribution in [0.2, 0.25) is 5.02 Å². The average Bonchev–Trinajstić information content (AvgIpc) is 2.52. The Balaban J connectivity index is 2.21. The molecule has 1 aromatic carbocycles. The van der Waals surface area contributed by atoms with E-state index < -0.39 is 17.4 Å². The van der Waals surface area contributed by atoms with Crippen molar-refractivity contribution in [3.8, 4) is 11.3 Å². The molecule has 2 rings (SSSR count). The fourth-order valence-corrected chi connectivity index (χ4v) is 1.99. The monoisotopic (exact) mass is 320 g/mol. The Kier molecular flexibility index (Phi) is 4.95. The molecule has 0 fully saturated rings. The average molecular weight is 321 g/mol. The van der Waals surface area contributed by atoms with E-state index in [1.807, 2.05) is 0 Å². The molecular formula is C15H13ClN2O4. The molecule has 2 aromatic rings. The lowest BCUT2D eigenvalue weighted by Crippen LogP contribution is -2.33. The van der Waals surface area contributed by atoms with Crippen LogP contribution in [0.1, 0.15) is 10.4 Å². The summed E-state index contributed by atoms with van der Waals surface area (Å²) < 4.78 is 4.40. The summed E-state index contributed by atoms with van der Waals surface area (Å²) in [5.74, 6) is -1.25. The van der Waals surface area contributed by atoms with Gasteiger partial charge in [-0.15, -0.1) is 0 Å². The number of hydrogen-bond donors (Lipinski definition) is 2. The molecule has 0 aliphatic rings. The molecule has 7 heteroatoms. The number of amides is 1. The first kappa shape index (κ1) is 15.8. The topological polar surface area (TPSA) is 88.3 Å². The molecule has 22 heavy (non-hydrogen) atoms. The van der Waals surface area contributed by atoms with Crippen molar-refractivity contribution in [1.82, 2.24) is 10.3 Å². The van der Waals surface area contributed by atoms with Crippen molar-refractivity contribution in [1.29, 1.82) is 0 Å². The lowest BCUT2D eigenvalue weighted by atomic mass is 10.1. The Morgan fingerprint density at radius 2 is 2.05 bits per heavy atom. The summed E-state index contributed by atoms with van der Waals surface area (Å²) in [6.45, 7) is -0.301. The van der Waals surface area contributed by atoms with Crippen LogP contribution >= 0.6 is 11.6 Å². The van der Waals surface area contributed by atoms with Crippen molar-refractivity contribution in [2.24, 2.45) is 0 Å². The number of pyridine rings is 1. The van der Waals surface area contributed by atoms with Crippen molar-refractivity contribution in [3.05, 3.63) is 57.3 Å². The van der Waals surface area contributed by atoms with Crippen LogP contribution in [0.4, 0.5) is 0 Å².